The Balaban J connectivity index is 1.39. The third kappa shape index (κ3) is 2.87. The molecule has 5 rings (SSSR count). The molecular weight excluding hydrogens is 304 g/mol. The fourth-order valence-electron chi connectivity index (χ4n) is 5.42. The maximum Gasteiger partial charge on any atom is 0.313 e. The second-order valence-electron chi connectivity index (χ2n) is 7.83. The van der Waals surface area contributed by atoms with E-state index in [1.807, 2.05) is 0 Å². The van der Waals surface area contributed by atoms with Crippen LogP contribution >= 0.6 is 0 Å². The predicted molar refractivity (Wildman–Crippen MR) is 90.7 cm³/mol. The van der Waals surface area contributed by atoms with Crippen molar-refractivity contribution in [1.29, 1.82) is 0 Å². The van der Waals surface area contributed by atoms with Gasteiger partial charge in [0.15, 0.2) is 0 Å². The van der Waals surface area contributed by atoms with Crippen molar-refractivity contribution in [3.05, 3.63) is 24.3 Å². The fraction of sp³-hybridized carbons (Fsp3) is 0.579. The van der Waals surface area contributed by atoms with E-state index in [2.05, 4.69) is 10.6 Å². The molecule has 4 fully saturated rings. The quantitative estimate of drug-likeness (QED) is 0.838. The van der Waals surface area contributed by atoms with Crippen molar-refractivity contribution in [2.24, 2.45) is 17.8 Å². The van der Waals surface area contributed by atoms with E-state index in [4.69, 9.17) is 4.74 Å². The zero-order valence-corrected chi connectivity index (χ0v) is 14.0. The molecule has 24 heavy (non-hydrogen) atoms. The van der Waals surface area contributed by atoms with Gasteiger partial charge in [0.1, 0.15) is 5.75 Å². The number of carbonyl (C=O) groups excluding carboxylic acids is 2. The normalized spacial score (nSPS) is 33.1. The number of nitrogens with one attached hydrogen (secondary N) is 2. The summed E-state index contributed by atoms with van der Waals surface area (Å²) >= 11 is 0. The van der Waals surface area contributed by atoms with Crippen molar-refractivity contribution < 1.29 is 14.3 Å². The molecule has 0 saturated heterocycles. The van der Waals surface area contributed by atoms with Crippen molar-refractivity contribution in [2.75, 3.05) is 12.4 Å². The molecule has 1 aromatic carbocycles. The van der Waals surface area contributed by atoms with Crippen LogP contribution in [0.25, 0.3) is 0 Å². The number of ether oxygens (including phenoxy) is 1. The van der Waals surface area contributed by atoms with Crippen molar-refractivity contribution in [2.45, 2.75) is 44.1 Å². The average molecular weight is 328 g/mol. The maximum absolute atomic E-state index is 12.4. The van der Waals surface area contributed by atoms with Gasteiger partial charge in [0.05, 0.1) is 7.11 Å². The second kappa shape index (κ2) is 5.80. The molecule has 0 aliphatic heterocycles. The molecular formula is C19H24N2O3. The van der Waals surface area contributed by atoms with E-state index in [1.54, 1.807) is 31.4 Å². The van der Waals surface area contributed by atoms with Gasteiger partial charge >= 0.3 is 11.8 Å². The van der Waals surface area contributed by atoms with E-state index in [0.29, 0.717) is 11.4 Å². The molecule has 1 aromatic rings. The Morgan fingerprint density at radius 2 is 1.50 bits per heavy atom. The Labute approximate surface area is 142 Å². The number of benzene rings is 1. The van der Waals surface area contributed by atoms with E-state index < -0.39 is 11.8 Å². The van der Waals surface area contributed by atoms with Gasteiger partial charge in [-0.2, -0.15) is 0 Å². The molecule has 4 aliphatic rings. The van der Waals surface area contributed by atoms with Crippen LogP contribution in [0, 0.1) is 17.8 Å². The van der Waals surface area contributed by atoms with Gasteiger partial charge in [-0.3, -0.25) is 9.59 Å². The summed E-state index contributed by atoms with van der Waals surface area (Å²) in [5, 5.41) is 5.76. The third-order valence-corrected chi connectivity index (χ3v) is 5.97. The summed E-state index contributed by atoms with van der Waals surface area (Å²) in [6.45, 7) is 0. The molecule has 128 valence electrons. The Morgan fingerprint density at radius 1 is 0.958 bits per heavy atom. The number of carbonyl (C=O) groups is 2. The molecule has 0 aromatic heterocycles. The summed E-state index contributed by atoms with van der Waals surface area (Å²) in [4.78, 5) is 24.6. The average Bonchev–Trinajstić information content (AvgIpc) is 2.53. The molecule has 4 saturated carbocycles. The first kappa shape index (κ1) is 15.5. The lowest BCUT2D eigenvalue weighted by atomic mass is 9.53. The Morgan fingerprint density at radius 3 is 2.00 bits per heavy atom. The van der Waals surface area contributed by atoms with Gasteiger partial charge in [0.25, 0.3) is 0 Å². The van der Waals surface area contributed by atoms with Crippen LogP contribution in [0.1, 0.15) is 38.5 Å². The smallest absolute Gasteiger partial charge is 0.313 e. The number of rotatable bonds is 3. The van der Waals surface area contributed by atoms with Crippen molar-refractivity contribution >= 4 is 17.5 Å². The summed E-state index contributed by atoms with van der Waals surface area (Å²) in [7, 11) is 1.59. The molecule has 0 unspecified atom stereocenters. The van der Waals surface area contributed by atoms with Gasteiger partial charge in [-0.1, -0.05) is 0 Å². The predicted octanol–water partition coefficient (Wildman–Crippen LogP) is 2.72. The number of hydrogen-bond donors (Lipinski definition) is 2. The van der Waals surface area contributed by atoms with Crippen LogP contribution in [0.5, 0.6) is 5.75 Å². The van der Waals surface area contributed by atoms with Gasteiger partial charge in [-0.15, -0.1) is 0 Å². The molecule has 2 N–H and O–H groups in total. The summed E-state index contributed by atoms with van der Waals surface area (Å²) in [5.41, 5.74) is 0.463. The summed E-state index contributed by atoms with van der Waals surface area (Å²) < 4.78 is 5.09. The van der Waals surface area contributed by atoms with E-state index in [1.165, 1.54) is 19.3 Å². The van der Waals surface area contributed by atoms with E-state index in [0.717, 1.165) is 37.0 Å². The molecule has 5 heteroatoms. The largest absolute Gasteiger partial charge is 0.497 e. The lowest BCUT2D eigenvalue weighted by Gasteiger charge is -2.56. The molecule has 2 amide bonds. The highest BCUT2D eigenvalue weighted by molar-refractivity contribution is 6.39. The minimum absolute atomic E-state index is 0.136. The topological polar surface area (TPSA) is 67.4 Å². The summed E-state index contributed by atoms with van der Waals surface area (Å²) in [6.07, 6.45) is 7.06. The number of amides is 2. The first-order valence-electron chi connectivity index (χ1n) is 8.83. The maximum atomic E-state index is 12.4. The van der Waals surface area contributed by atoms with Crippen molar-refractivity contribution in [3.63, 3.8) is 0 Å². The summed E-state index contributed by atoms with van der Waals surface area (Å²) in [5.74, 6) is 1.83. The van der Waals surface area contributed by atoms with Gasteiger partial charge in [-0.25, -0.2) is 0 Å². The van der Waals surface area contributed by atoms with Crippen LogP contribution < -0.4 is 15.4 Å². The fourth-order valence-corrected chi connectivity index (χ4v) is 5.42. The summed E-state index contributed by atoms with van der Waals surface area (Å²) in [6, 6.07) is 6.97. The molecule has 0 atom stereocenters. The second-order valence-corrected chi connectivity index (χ2v) is 7.83. The van der Waals surface area contributed by atoms with E-state index in [-0.39, 0.29) is 5.54 Å². The molecule has 5 nitrogen and oxygen atoms in total. The Hall–Kier alpha value is -2.04. The molecule has 4 bridgehead atoms. The SMILES string of the molecule is COc1ccc(NC(=O)C(=O)NC23CC4CC(CC(C4)C2)C3)cc1. The Bertz CT molecular complexity index is 618. The minimum atomic E-state index is -0.587. The van der Waals surface area contributed by atoms with Crippen LogP contribution in [0.4, 0.5) is 5.69 Å². The van der Waals surface area contributed by atoms with Crippen LogP contribution in [-0.4, -0.2) is 24.5 Å². The molecule has 0 radical (unpaired) electrons. The monoisotopic (exact) mass is 328 g/mol. The first-order chi connectivity index (χ1) is 11.5. The standard InChI is InChI=1S/C19H24N2O3/c1-24-16-4-2-15(3-5-16)20-17(22)18(23)21-19-9-12-6-13(10-19)8-14(7-12)11-19/h2-5,12-14H,6-11H2,1H3,(H,20,22)(H,21,23). The third-order valence-electron chi connectivity index (χ3n) is 5.97. The van der Waals surface area contributed by atoms with Gasteiger partial charge in [0, 0.05) is 11.2 Å². The number of anilines is 1. The van der Waals surface area contributed by atoms with Crippen LogP contribution in [0.2, 0.25) is 0 Å². The van der Waals surface area contributed by atoms with Gasteiger partial charge < -0.3 is 15.4 Å². The van der Waals surface area contributed by atoms with Crippen molar-refractivity contribution in [1.82, 2.24) is 5.32 Å². The van der Waals surface area contributed by atoms with Gasteiger partial charge in [-0.05, 0) is 80.5 Å². The van der Waals surface area contributed by atoms with E-state index >= 15 is 0 Å². The zero-order valence-electron chi connectivity index (χ0n) is 14.0. The van der Waals surface area contributed by atoms with Crippen molar-refractivity contribution in [3.8, 4) is 5.75 Å². The molecule has 4 aliphatic carbocycles. The first-order valence-corrected chi connectivity index (χ1v) is 8.83. The highest BCUT2D eigenvalue weighted by Crippen LogP contribution is 2.55. The van der Waals surface area contributed by atoms with Gasteiger partial charge in [0.2, 0.25) is 0 Å². The number of methoxy groups -OCH3 is 1. The lowest BCUT2D eigenvalue weighted by molar-refractivity contribution is -0.139. The highest BCUT2D eigenvalue weighted by Gasteiger charge is 2.51. The van der Waals surface area contributed by atoms with E-state index in [9.17, 15) is 9.59 Å². The molecule has 0 spiro atoms. The van der Waals surface area contributed by atoms with Crippen LogP contribution in [-0.2, 0) is 9.59 Å². The van der Waals surface area contributed by atoms with Crippen LogP contribution in [0.15, 0.2) is 24.3 Å². The number of hydrogen-bond acceptors (Lipinski definition) is 3. The lowest BCUT2D eigenvalue weighted by Crippen LogP contribution is -2.61. The highest BCUT2D eigenvalue weighted by atomic mass is 16.5. The zero-order chi connectivity index (χ0) is 16.7. The molecule has 0 heterocycles. The Kier molecular flexibility index (Phi) is 3.74. The van der Waals surface area contributed by atoms with Crippen LogP contribution in [0.3, 0.4) is 0 Å². The minimum Gasteiger partial charge on any atom is -0.497 e.